The van der Waals surface area contributed by atoms with Gasteiger partial charge in [-0.25, -0.2) is 9.50 Å². The monoisotopic (exact) mass is 256 g/mol. The van der Waals surface area contributed by atoms with Crippen LogP contribution in [0.5, 0.6) is 0 Å². The van der Waals surface area contributed by atoms with Gasteiger partial charge in [-0.1, -0.05) is 13.8 Å². The number of rotatable bonds is 0. The third-order valence-electron chi connectivity index (χ3n) is 1.73. The van der Waals surface area contributed by atoms with Crippen molar-refractivity contribution in [1.29, 1.82) is 0 Å². The maximum atomic E-state index is 5.68. The van der Waals surface area contributed by atoms with Crippen LogP contribution in [0.15, 0.2) is 17.0 Å². The fourth-order valence-corrected chi connectivity index (χ4v) is 1.82. The first-order chi connectivity index (χ1) is 6.70. The second-order valence-electron chi connectivity index (χ2n) is 2.56. The van der Waals surface area contributed by atoms with Gasteiger partial charge in [-0.2, -0.15) is 5.10 Å². The molecule has 0 amide bonds. The van der Waals surface area contributed by atoms with Crippen molar-refractivity contribution in [2.24, 2.45) is 0 Å². The molecule has 0 unspecified atom stereocenters. The number of hydrogen-bond donors (Lipinski definition) is 1. The molecule has 2 aromatic rings. The molecule has 2 rings (SSSR count). The Balaban J connectivity index is 0.000000461. The lowest BCUT2D eigenvalue weighted by atomic mass is 10.3. The number of nitrogen functional groups attached to an aromatic ring is 1. The molecule has 5 heteroatoms. The van der Waals surface area contributed by atoms with E-state index >= 15 is 0 Å². The van der Waals surface area contributed by atoms with Gasteiger partial charge in [0.1, 0.15) is 16.4 Å². The van der Waals surface area contributed by atoms with E-state index in [0.717, 1.165) is 15.7 Å². The standard InChI is InChI=1S/C7H7BrN4.C2H6/c1-4-2-5(8)12-6(4)7(9)10-3-11-12;1-2/h2-3H,1H3,(H2,9,10,11);1-2H3. The predicted octanol–water partition coefficient (Wildman–Crippen LogP) is 2.41. The number of aromatic nitrogens is 3. The third-order valence-corrected chi connectivity index (χ3v) is 2.29. The Kier molecular flexibility index (Phi) is 3.46. The number of nitrogens with two attached hydrogens (primary N) is 1. The topological polar surface area (TPSA) is 56.2 Å². The molecular formula is C9H13BrN4. The van der Waals surface area contributed by atoms with Gasteiger partial charge in [0.05, 0.1) is 0 Å². The van der Waals surface area contributed by atoms with Crippen molar-refractivity contribution in [2.75, 3.05) is 5.73 Å². The van der Waals surface area contributed by atoms with Crippen molar-refractivity contribution >= 4 is 27.3 Å². The highest BCUT2D eigenvalue weighted by Crippen LogP contribution is 2.22. The lowest BCUT2D eigenvalue weighted by Crippen LogP contribution is -1.99. The van der Waals surface area contributed by atoms with Crippen molar-refractivity contribution in [1.82, 2.24) is 14.6 Å². The molecule has 0 aliphatic rings. The van der Waals surface area contributed by atoms with E-state index in [0.29, 0.717) is 5.82 Å². The summed E-state index contributed by atoms with van der Waals surface area (Å²) in [5.41, 5.74) is 7.61. The average molecular weight is 257 g/mol. The zero-order valence-corrected chi connectivity index (χ0v) is 10.0. The highest BCUT2D eigenvalue weighted by Gasteiger charge is 2.07. The summed E-state index contributed by atoms with van der Waals surface area (Å²) < 4.78 is 2.61. The van der Waals surface area contributed by atoms with E-state index in [2.05, 4.69) is 26.0 Å². The zero-order chi connectivity index (χ0) is 10.7. The summed E-state index contributed by atoms with van der Waals surface area (Å²) in [5.74, 6) is 0.508. The van der Waals surface area contributed by atoms with Gasteiger partial charge in [-0.05, 0) is 34.5 Å². The van der Waals surface area contributed by atoms with Crippen LogP contribution in [0.2, 0.25) is 0 Å². The van der Waals surface area contributed by atoms with E-state index in [1.807, 2.05) is 26.8 Å². The van der Waals surface area contributed by atoms with Crippen molar-refractivity contribution < 1.29 is 0 Å². The van der Waals surface area contributed by atoms with E-state index in [9.17, 15) is 0 Å². The molecule has 2 heterocycles. The molecule has 2 N–H and O–H groups in total. The maximum Gasteiger partial charge on any atom is 0.151 e. The summed E-state index contributed by atoms with van der Waals surface area (Å²) >= 11 is 3.37. The summed E-state index contributed by atoms with van der Waals surface area (Å²) in [5, 5.41) is 4.04. The SMILES string of the molecule is CC.Cc1cc(Br)n2ncnc(N)c12. The summed E-state index contributed by atoms with van der Waals surface area (Å²) in [6, 6.07) is 1.96. The van der Waals surface area contributed by atoms with Crippen LogP contribution in [0.3, 0.4) is 0 Å². The highest BCUT2D eigenvalue weighted by atomic mass is 79.9. The van der Waals surface area contributed by atoms with Gasteiger partial charge >= 0.3 is 0 Å². The average Bonchev–Trinajstić information content (AvgIpc) is 2.47. The molecule has 0 radical (unpaired) electrons. The van der Waals surface area contributed by atoms with Gasteiger partial charge in [-0.15, -0.1) is 0 Å². The van der Waals surface area contributed by atoms with E-state index in [-0.39, 0.29) is 0 Å². The Morgan fingerprint density at radius 3 is 2.64 bits per heavy atom. The van der Waals surface area contributed by atoms with Gasteiger partial charge < -0.3 is 5.73 Å². The third kappa shape index (κ3) is 1.72. The van der Waals surface area contributed by atoms with Crippen LogP contribution >= 0.6 is 15.9 Å². The highest BCUT2D eigenvalue weighted by molar-refractivity contribution is 9.10. The van der Waals surface area contributed by atoms with E-state index in [4.69, 9.17) is 5.73 Å². The van der Waals surface area contributed by atoms with Crippen molar-refractivity contribution in [3.63, 3.8) is 0 Å². The van der Waals surface area contributed by atoms with E-state index in [1.165, 1.54) is 6.33 Å². The van der Waals surface area contributed by atoms with Gasteiger partial charge in [0.15, 0.2) is 5.82 Å². The molecule has 0 atom stereocenters. The van der Waals surface area contributed by atoms with E-state index in [1.54, 1.807) is 4.52 Å². The van der Waals surface area contributed by atoms with Crippen LogP contribution in [0.4, 0.5) is 5.82 Å². The minimum atomic E-state index is 0.508. The zero-order valence-electron chi connectivity index (χ0n) is 8.45. The van der Waals surface area contributed by atoms with Crippen LogP contribution in [-0.2, 0) is 0 Å². The predicted molar refractivity (Wildman–Crippen MR) is 61.2 cm³/mol. The normalized spacial score (nSPS) is 9.71. The number of nitrogens with zero attached hydrogens (tertiary/aromatic N) is 3. The van der Waals surface area contributed by atoms with E-state index < -0.39 is 0 Å². The Morgan fingerprint density at radius 1 is 1.43 bits per heavy atom. The number of fused-ring (bicyclic) bond motifs is 1. The fourth-order valence-electron chi connectivity index (χ4n) is 1.21. The molecule has 0 saturated heterocycles. The first kappa shape index (κ1) is 11.0. The molecule has 0 saturated carbocycles. The molecule has 4 nitrogen and oxygen atoms in total. The second kappa shape index (κ2) is 4.41. The maximum absolute atomic E-state index is 5.68. The Hall–Kier alpha value is -1.10. The largest absolute Gasteiger partial charge is 0.382 e. The van der Waals surface area contributed by atoms with Crippen molar-refractivity contribution in [3.05, 3.63) is 22.6 Å². The summed E-state index contributed by atoms with van der Waals surface area (Å²) in [6.45, 7) is 5.97. The molecule has 2 aromatic heterocycles. The number of aryl methyl sites for hydroxylation is 1. The van der Waals surface area contributed by atoms with Crippen molar-refractivity contribution in [2.45, 2.75) is 20.8 Å². The van der Waals surface area contributed by atoms with Crippen LogP contribution in [-0.4, -0.2) is 14.6 Å². The van der Waals surface area contributed by atoms with Gasteiger partial charge in [0.25, 0.3) is 0 Å². The lowest BCUT2D eigenvalue weighted by molar-refractivity contribution is 0.888. The summed E-state index contributed by atoms with van der Waals surface area (Å²) in [7, 11) is 0. The van der Waals surface area contributed by atoms with Gasteiger partial charge in [0.2, 0.25) is 0 Å². The fraction of sp³-hybridized carbons (Fsp3) is 0.333. The molecule has 0 aliphatic carbocycles. The molecular weight excluding hydrogens is 244 g/mol. The van der Waals surface area contributed by atoms with Crippen LogP contribution < -0.4 is 5.73 Å². The van der Waals surface area contributed by atoms with Crippen LogP contribution in [0.1, 0.15) is 19.4 Å². The summed E-state index contributed by atoms with van der Waals surface area (Å²) in [6.07, 6.45) is 1.44. The minimum absolute atomic E-state index is 0.508. The Bertz CT molecular complexity index is 436. The molecule has 0 spiro atoms. The van der Waals surface area contributed by atoms with Crippen LogP contribution in [0, 0.1) is 6.92 Å². The molecule has 0 aliphatic heterocycles. The summed E-state index contributed by atoms with van der Waals surface area (Å²) in [4.78, 5) is 3.91. The van der Waals surface area contributed by atoms with Crippen molar-refractivity contribution in [3.8, 4) is 0 Å². The second-order valence-corrected chi connectivity index (χ2v) is 3.37. The number of halogens is 1. The first-order valence-electron chi connectivity index (χ1n) is 4.44. The minimum Gasteiger partial charge on any atom is -0.382 e. The smallest absolute Gasteiger partial charge is 0.151 e. The Morgan fingerprint density at radius 2 is 2.07 bits per heavy atom. The molecule has 14 heavy (non-hydrogen) atoms. The van der Waals surface area contributed by atoms with Gasteiger partial charge in [0, 0.05) is 0 Å². The number of hydrogen-bond acceptors (Lipinski definition) is 3. The number of anilines is 1. The van der Waals surface area contributed by atoms with Crippen LogP contribution in [0.25, 0.3) is 5.52 Å². The molecule has 0 bridgehead atoms. The quantitative estimate of drug-likeness (QED) is 0.788. The molecule has 0 aromatic carbocycles. The Labute approximate surface area is 91.3 Å². The first-order valence-corrected chi connectivity index (χ1v) is 5.24. The molecule has 0 fully saturated rings. The lowest BCUT2D eigenvalue weighted by Gasteiger charge is -1.97. The van der Waals surface area contributed by atoms with Gasteiger partial charge in [-0.3, -0.25) is 0 Å². The molecule has 76 valence electrons.